The minimum Gasteiger partial charge on any atom is -0.465 e. The predicted molar refractivity (Wildman–Crippen MR) is 85.7 cm³/mol. The van der Waals surface area contributed by atoms with E-state index in [1.165, 1.54) is 48.5 Å². The van der Waals surface area contributed by atoms with Crippen LogP contribution in [0.4, 0.5) is 13.2 Å². The molecule has 1 aromatic carbocycles. The second-order valence-electron chi connectivity index (χ2n) is 6.12. The third-order valence-corrected chi connectivity index (χ3v) is 4.13. The summed E-state index contributed by atoms with van der Waals surface area (Å²) in [5, 5.41) is 6.80. The van der Waals surface area contributed by atoms with Crippen molar-refractivity contribution < 1.29 is 32.2 Å². The van der Waals surface area contributed by atoms with Gasteiger partial charge >= 0.3 is 12.3 Å². The summed E-state index contributed by atoms with van der Waals surface area (Å²) in [6.07, 6.45) is -0.713. The number of esters is 1. The summed E-state index contributed by atoms with van der Waals surface area (Å²) in [4.78, 5) is 23.7. The van der Waals surface area contributed by atoms with E-state index in [0.29, 0.717) is 18.4 Å². The lowest BCUT2D eigenvalue weighted by Gasteiger charge is -2.18. The molecule has 3 rings (SSSR count). The summed E-state index contributed by atoms with van der Waals surface area (Å²) >= 11 is 0. The van der Waals surface area contributed by atoms with Crippen molar-refractivity contribution >= 4 is 11.9 Å². The maximum Gasteiger partial charge on any atom is 0.573 e. The van der Waals surface area contributed by atoms with Gasteiger partial charge < -0.3 is 14.8 Å². The number of nitrogens with one attached hydrogen (secondary N) is 1. The van der Waals surface area contributed by atoms with Gasteiger partial charge in [-0.2, -0.15) is 5.10 Å². The van der Waals surface area contributed by atoms with Crippen LogP contribution in [0.2, 0.25) is 0 Å². The highest BCUT2D eigenvalue weighted by atomic mass is 19.4. The third-order valence-electron chi connectivity index (χ3n) is 4.13. The van der Waals surface area contributed by atoms with E-state index in [1.54, 1.807) is 0 Å². The number of carbonyl (C=O) groups is 2. The van der Waals surface area contributed by atoms with Crippen molar-refractivity contribution in [3.63, 3.8) is 0 Å². The Labute approximate surface area is 152 Å². The zero-order valence-electron chi connectivity index (χ0n) is 14.2. The van der Waals surface area contributed by atoms with Gasteiger partial charge in [-0.1, -0.05) is 12.1 Å². The van der Waals surface area contributed by atoms with E-state index in [0.717, 1.165) is 0 Å². The highest BCUT2D eigenvalue weighted by Crippen LogP contribution is 2.46. The van der Waals surface area contributed by atoms with Crippen molar-refractivity contribution in [2.75, 3.05) is 7.11 Å². The Morgan fingerprint density at radius 1 is 1.26 bits per heavy atom. The first-order valence-corrected chi connectivity index (χ1v) is 7.99. The smallest absolute Gasteiger partial charge is 0.465 e. The summed E-state index contributed by atoms with van der Waals surface area (Å²) in [6, 6.07) is 5.42. The van der Waals surface area contributed by atoms with Gasteiger partial charge in [0.1, 0.15) is 12.3 Å². The minimum atomic E-state index is -4.75. The lowest BCUT2D eigenvalue weighted by molar-refractivity contribution is -0.274. The van der Waals surface area contributed by atoms with Gasteiger partial charge in [0, 0.05) is 6.20 Å². The molecule has 2 aromatic rings. The molecule has 0 aliphatic heterocycles. The first-order chi connectivity index (χ1) is 12.7. The van der Waals surface area contributed by atoms with Crippen LogP contribution in [0.1, 0.15) is 28.8 Å². The standard InChI is InChI=1S/C17H16F3N3O4/c1-26-15(25)11-8-21-23(9-11)10-14(24)22-16(6-7-16)12-2-4-13(5-3-12)27-17(18,19)20/h2-5,8-9H,6-7,10H2,1H3,(H,22,24). The van der Waals surface area contributed by atoms with Gasteiger partial charge in [-0.25, -0.2) is 4.79 Å². The number of ether oxygens (including phenoxy) is 2. The number of hydrogen-bond acceptors (Lipinski definition) is 5. The lowest BCUT2D eigenvalue weighted by Crippen LogP contribution is -2.37. The maximum absolute atomic E-state index is 12.3. The number of hydrogen-bond donors (Lipinski definition) is 1. The van der Waals surface area contributed by atoms with Gasteiger partial charge in [-0.05, 0) is 30.5 Å². The zero-order chi connectivity index (χ0) is 19.7. The number of carbonyl (C=O) groups excluding carboxylic acids is 2. The molecule has 1 heterocycles. The molecule has 7 nitrogen and oxygen atoms in total. The summed E-state index contributed by atoms with van der Waals surface area (Å²) in [5.41, 5.74) is 0.319. The monoisotopic (exact) mass is 383 g/mol. The Hall–Kier alpha value is -3.04. The number of aromatic nitrogens is 2. The van der Waals surface area contributed by atoms with Crippen LogP contribution in [0.25, 0.3) is 0 Å². The van der Waals surface area contributed by atoms with Gasteiger partial charge in [0.15, 0.2) is 0 Å². The number of nitrogens with zero attached hydrogens (tertiary/aromatic N) is 2. The third kappa shape index (κ3) is 4.57. The van der Waals surface area contributed by atoms with Crippen LogP contribution in [-0.2, 0) is 21.6 Å². The normalized spacial score (nSPS) is 15.1. The molecule has 10 heteroatoms. The predicted octanol–water partition coefficient (Wildman–Crippen LogP) is 2.37. The molecular weight excluding hydrogens is 367 g/mol. The van der Waals surface area contributed by atoms with E-state index in [4.69, 9.17) is 0 Å². The molecule has 1 fully saturated rings. The quantitative estimate of drug-likeness (QED) is 0.775. The molecule has 1 amide bonds. The fourth-order valence-electron chi connectivity index (χ4n) is 2.71. The Morgan fingerprint density at radius 3 is 2.48 bits per heavy atom. The summed E-state index contributed by atoms with van der Waals surface area (Å²) in [6.45, 7) is -0.103. The summed E-state index contributed by atoms with van der Waals surface area (Å²) < 4.78 is 46.4. The van der Waals surface area contributed by atoms with E-state index < -0.39 is 17.9 Å². The average molecular weight is 383 g/mol. The van der Waals surface area contributed by atoms with Crippen molar-refractivity contribution in [2.45, 2.75) is 31.3 Å². The van der Waals surface area contributed by atoms with E-state index in [-0.39, 0.29) is 23.8 Å². The minimum absolute atomic E-state index is 0.103. The van der Waals surface area contributed by atoms with Crippen LogP contribution in [0.15, 0.2) is 36.7 Å². The first-order valence-electron chi connectivity index (χ1n) is 7.99. The van der Waals surface area contributed by atoms with Gasteiger partial charge in [0.25, 0.3) is 0 Å². The summed E-state index contributed by atoms with van der Waals surface area (Å²) in [7, 11) is 1.24. The fourth-order valence-corrected chi connectivity index (χ4v) is 2.71. The molecule has 1 saturated carbocycles. The Morgan fingerprint density at radius 2 is 1.93 bits per heavy atom. The topological polar surface area (TPSA) is 82.5 Å². The highest BCUT2D eigenvalue weighted by molar-refractivity contribution is 5.88. The van der Waals surface area contributed by atoms with E-state index >= 15 is 0 Å². The van der Waals surface area contributed by atoms with Gasteiger partial charge in [0.05, 0.1) is 24.4 Å². The largest absolute Gasteiger partial charge is 0.573 e. The van der Waals surface area contributed by atoms with E-state index in [2.05, 4.69) is 19.9 Å². The molecule has 0 bridgehead atoms. The molecule has 1 aliphatic carbocycles. The van der Waals surface area contributed by atoms with E-state index in [9.17, 15) is 22.8 Å². The van der Waals surface area contributed by atoms with Crippen LogP contribution >= 0.6 is 0 Å². The van der Waals surface area contributed by atoms with Crippen molar-refractivity contribution in [1.82, 2.24) is 15.1 Å². The van der Waals surface area contributed by atoms with Crippen LogP contribution in [0.3, 0.4) is 0 Å². The molecule has 1 aliphatic rings. The first kappa shape index (κ1) is 18.7. The maximum atomic E-state index is 12.3. The number of rotatable bonds is 6. The summed E-state index contributed by atoms with van der Waals surface area (Å²) in [5.74, 6) is -1.20. The van der Waals surface area contributed by atoms with Crippen LogP contribution in [0.5, 0.6) is 5.75 Å². The molecule has 0 radical (unpaired) electrons. The molecule has 0 saturated heterocycles. The van der Waals surface area contributed by atoms with Crippen molar-refractivity contribution in [2.24, 2.45) is 0 Å². The molecule has 144 valence electrons. The second kappa shape index (κ2) is 6.93. The van der Waals surface area contributed by atoms with Crippen molar-refractivity contribution in [1.29, 1.82) is 0 Å². The molecule has 1 N–H and O–H groups in total. The Balaban J connectivity index is 1.62. The fraction of sp³-hybridized carbons (Fsp3) is 0.353. The van der Waals surface area contributed by atoms with Crippen molar-refractivity contribution in [3.05, 3.63) is 47.8 Å². The molecule has 0 atom stereocenters. The van der Waals surface area contributed by atoms with Gasteiger partial charge in [-0.15, -0.1) is 13.2 Å². The van der Waals surface area contributed by atoms with Gasteiger partial charge in [0.2, 0.25) is 5.91 Å². The molecule has 27 heavy (non-hydrogen) atoms. The Bertz CT molecular complexity index is 842. The highest BCUT2D eigenvalue weighted by Gasteiger charge is 2.45. The number of benzene rings is 1. The lowest BCUT2D eigenvalue weighted by atomic mass is 10.0. The molecule has 0 unspecified atom stereocenters. The Kier molecular flexibility index (Phi) is 4.81. The van der Waals surface area contributed by atoms with E-state index in [1.807, 2.05) is 0 Å². The average Bonchev–Trinajstić information content (AvgIpc) is 3.22. The molecular formula is C17H16F3N3O4. The number of alkyl halides is 3. The number of methoxy groups -OCH3 is 1. The number of halogens is 3. The van der Waals surface area contributed by atoms with Crippen LogP contribution < -0.4 is 10.1 Å². The molecule has 1 aromatic heterocycles. The van der Waals surface area contributed by atoms with Crippen LogP contribution in [0, 0.1) is 0 Å². The SMILES string of the molecule is COC(=O)c1cnn(CC(=O)NC2(c3ccc(OC(F)(F)F)cc3)CC2)c1. The molecule has 0 spiro atoms. The zero-order valence-corrected chi connectivity index (χ0v) is 14.2. The second-order valence-corrected chi connectivity index (χ2v) is 6.12. The number of amides is 1. The van der Waals surface area contributed by atoms with Crippen molar-refractivity contribution in [3.8, 4) is 5.75 Å². The van der Waals surface area contributed by atoms with Crippen LogP contribution in [-0.4, -0.2) is 35.1 Å². The van der Waals surface area contributed by atoms with Gasteiger partial charge in [-0.3, -0.25) is 9.48 Å².